The van der Waals surface area contributed by atoms with E-state index in [1.807, 2.05) is 12.1 Å². The summed E-state index contributed by atoms with van der Waals surface area (Å²) >= 11 is 0. The molecule has 2 nitrogen and oxygen atoms in total. The summed E-state index contributed by atoms with van der Waals surface area (Å²) in [6.45, 7) is 4.47. The van der Waals surface area contributed by atoms with Crippen molar-refractivity contribution in [3.8, 4) is 11.1 Å². The molecule has 0 aliphatic rings. The summed E-state index contributed by atoms with van der Waals surface area (Å²) in [5.41, 5.74) is 6.19. The van der Waals surface area contributed by atoms with Crippen LogP contribution >= 0.6 is 17.2 Å². The standard InChI is InChI=1S/C26H20O2P2/c1-29-21-13-11-17-15-7-3-5-9-19(15)27-25(17)23(21)24-22(30-2)14-12-18-16-8-4-6-10-20(16)28-26(18)24/h3-14,29-30H,1-2H3. The summed E-state index contributed by atoms with van der Waals surface area (Å²) < 4.78 is 12.9. The van der Waals surface area contributed by atoms with Gasteiger partial charge in [-0.3, -0.25) is 0 Å². The van der Waals surface area contributed by atoms with Gasteiger partial charge >= 0.3 is 0 Å². The van der Waals surface area contributed by atoms with Crippen molar-refractivity contribution in [2.75, 3.05) is 13.3 Å². The molecular weight excluding hydrogens is 406 g/mol. The van der Waals surface area contributed by atoms with Crippen LogP contribution in [0.15, 0.2) is 81.6 Å². The second-order valence-electron chi connectivity index (χ2n) is 7.43. The minimum absolute atomic E-state index is 0.664. The first-order valence-corrected chi connectivity index (χ1v) is 13.0. The third kappa shape index (κ3) is 2.51. The highest BCUT2D eigenvalue weighted by Gasteiger charge is 2.22. The van der Waals surface area contributed by atoms with Crippen LogP contribution in [0.5, 0.6) is 0 Å². The van der Waals surface area contributed by atoms with Gasteiger partial charge in [-0.2, -0.15) is 0 Å². The first kappa shape index (κ1) is 18.1. The minimum Gasteiger partial charge on any atom is -0.455 e. The molecule has 0 spiro atoms. The van der Waals surface area contributed by atoms with Crippen molar-refractivity contribution in [2.45, 2.75) is 0 Å². The van der Waals surface area contributed by atoms with Gasteiger partial charge in [0.2, 0.25) is 0 Å². The van der Waals surface area contributed by atoms with E-state index in [4.69, 9.17) is 8.83 Å². The zero-order chi connectivity index (χ0) is 20.2. The van der Waals surface area contributed by atoms with E-state index in [1.165, 1.54) is 32.5 Å². The number of rotatable bonds is 3. The van der Waals surface area contributed by atoms with Crippen LogP contribution in [0.4, 0.5) is 0 Å². The van der Waals surface area contributed by atoms with Crippen LogP contribution in [-0.2, 0) is 0 Å². The Labute approximate surface area is 177 Å². The van der Waals surface area contributed by atoms with E-state index in [-0.39, 0.29) is 0 Å². The van der Waals surface area contributed by atoms with Gasteiger partial charge in [0, 0.05) is 32.7 Å². The van der Waals surface area contributed by atoms with E-state index in [1.54, 1.807) is 0 Å². The number of hydrogen-bond acceptors (Lipinski definition) is 2. The zero-order valence-electron chi connectivity index (χ0n) is 16.7. The molecular formula is C26H20O2P2. The molecule has 0 fully saturated rings. The van der Waals surface area contributed by atoms with E-state index >= 15 is 0 Å². The number of hydrogen-bond donors (Lipinski definition) is 0. The summed E-state index contributed by atoms with van der Waals surface area (Å²) in [6.07, 6.45) is 0. The molecule has 2 heterocycles. The largest absolute Gasteiger partial charge is 0.455 e. The van der Waals surface area contributed by atoms with E-state index in [0.29, 0.717) is 17.2 Å². The smallest absolute Gasteiger partial charge is 0.144 e. The minimum atomic E-state index is 0.664. The Morgan fingerprint density at radius 2 is 0.933 bits per heavy atom. The van der Waals surface area contributed by atoms with Crippen molar-refractivity contribution >= 4 is 71.6 Å². The summed E-state index contributed by atoms with van der Waals surface area (Å²) in [5.74, 6) is 0. The van der Waals surface area contributed by atoms with Gasteiger partial charge in [0.25, 0.3) is 0 Å². The molecule has 0 radical (unpaired) electrons. The summed E-state index contributed by atoms with van der Waals surface area (Å²) in [6, 6.07) is 25.6. The third-order valence-corrected chi connectivity index (χ3v) is 7.79. The molecule has 6 aromatic rings. The Bertz CT molecular complexity index is 1450. The average molecular weight is 426 g/mol. The van der Waals surface area contributed by atoms with Crippen LogP contribution in [-0.4, -0.2) is 13.3 Å². The molecule has 2 unspecified atom stereocenters. The van der Waals surface area contributed by atoms with Crippen LogP contribution < -0.4 is 10.6 Å². The van der Waals surface area contributed by atoms with Gasteiger partial charge in [-0.15, -0.1) is 0 Å². The molecule has 0 bridgehead atoms. The molecule has 0 saturated heterocycles. The third-order valence-electron chi connectivity index (χ3n) is 5.88. The van der Waals surface area contributed by atoms with E-state index in [9.17, 15) is 0 Å². The number of fused-ring (bicyclic) bond motifs is 6. The predicted octanol–water partition coefficient (Wildman–Crippen LogP) is 7.02. The normalized spacial score (nSPS) is 12.7. The highest BCUT2D eigenvalue weighted by Crippen LogP contribution is 2.42. The molecule has 6 rings (SSSR count). The van der Waals surface area contributed by atoms with Crippen molar-refractivity contribution in [3.63, 3.8) is 0 Å². The molecule has 2 atom stereocenters. The van der Waals surface area contributed by atoms with Gasteiger partial charge in [-0.05, 0) is 48.2 Å². The van der Waals surface area contributed by atoms with Crippen molar-refractivity contribution < 1.29 is 8.83 Å². The second-order valence-corrected chi connectivity index (χ2v) is 9.50. The fourth-order valence-corrected chi connectivity index (χ4v) is 5.97. The molecule has 4 heteroatoms. The van der Waals surface area contributed by atoms with Gasteiger partial charge in [0.15, 0.2) is 0 Å². The first-order valence-electron chi connectivity index (χ1n) is 10.0. The molecule has 146 valence electrons. The number of para-hydroxylation sites is 2. The monoisotopic (exact) mass is 426 g/mol. The van der Waals surface area contributed by atoms with Crippen molar-refractivity contribution in [1.82, 2.24) is 0 Å². The topological polar surface area (TPSA) is 26.3 Å². The van der Waals surface area contributed by atoms with Crippen molar-refractivity contribution in [2.24, 2.45) is 0 Å². The van der Waals surface area contributed by atoms with Crippen molar-refractivity contribution in [1.29, 1.82) is 0 Å². The average Bonchev–Trinajstić information content (AvgIpc) is 3.36. The van der Waals surface area contributed by atoms with Gasteiger partial charge < -0.3 is 8.83 Å². The zero-order valence-corrected chi connectivity index (χ0v) is 18.7. The molecule has 0 aliphatic heterocycles. The Hall–Kier alpha value is -2.66. The van der Waals surface area contributed by atoms with E-state index in [2.05, 4.69) is 74.0 Å². The van der Waals surface area contributed by atoms with Crippen LogP contribution in [0.25, 0.3) is 55.0 Å². The lowest BCUT2D eigenvalue weighted by Crippen LogP contribution is -2.07. The van der Waals surface area contributed by atoms with Crippen LogP contribution in [0.1, 0.15) is 0 Å². The summed E-state index contributed by atoms with van der Waals surface area (Å²) in [5, 5.41) is 7.29. The first-order chi connectivity index (χ1) is 14.8. The second kappa shape index (κ2) is 6.95. The molecule has 2 aromatic heterocycles. The Morgan fingerprint density at radius 3 is 1.37 bits per heavy atom. The van der Waals surface area contributed by atoms with Crippen LogP contribution in [0, 0.1) is 0 Å². The van der Waals surface area contributed by atoms with Crippen LogP contribution in [0.2, 0.25) is 0 Å². The Morgan fingerprint density at radius 1 is 0.500 bits per heavy atom. The maximum Gasteiger partial charge on any atom is 0.144 e. The number of furan rings is 2. The molecule has 0 N–H and O–H groups in total. The molecule has 0 amide bonds. The molecule has 30 heavy (non-hydrogen) atoms. The SMILES string of the molecule is CPc1ccc2c(oc3ccccc32)c1-c1c(PC)ccc2c1oc1ccccc12. The van der Waals surface area contributed by atoms with Crippen molar-refractivity contribution in [3.05, 3.63) is 72.8 Å². The maximum absolute atomic E-state index is 6.47. The van der Waals surface area contributed by atoms with Gasteiger partial charge in [-0.1, -0.05) is 65.7 Å². The lowest BCUT2D eigenvalue weighted by atomic mass is 9.99. The van der Waals surface area contributed by atoms with Gasteiger partial charge in [-0.25, -0.2) is 0 Å². The fraction of sp³-hybridized carbons (Fsp3) is 0.0769. The molecule has 4 aromatic carbocycles. The summed E-state index contributed by atoms with van der Waals surface area (Å²) in [7, 11) is 1.33. The lowest BCUT2D eigenvalue weighted by Gasteiger charge is -2.13. The predicted molar refractivity (Wildman–Crippen MR) is 134 cm³/mol. The fourth-order valence-electron chi connectivity index (χ4n) is 4.49. The maximum atomic E-state index is 6.47. The Kier molecular flexibility index (Phi) is 4.20. The Balaban J connectivity index is 1.83. The lowest BCUT2D eigenvalue weighted by molar-refractivity contribution is 0.665. The molecule has 0 aliphatic carbocycles. The highest BCUT2D eigenvalue weighted by atomic mass is 31.1. The molecule has 0 saturated carbocycles. The quantitative estimate of drug-likeness (QED) is 0.284. The van der Waals surface area contributed by atoms with E-state index in [0.717, 1.165) is 33.1 Å². The number of benzene rings is 4. The summed E-state index contributed by atoms with van der Waals surface area (Å²) in [4.78, 5) is 0. The van der Waals surface area contributed by atoms with E-state index < -0.39 is 0 Å². The van der Waals surface area contributed by atoms with Gasteiger partial charge in [0.1, 0.15) is 22.3 Å². The van der Waals surface area contributed by atoms with Crippen LogP contribution in [0.3, 0.4) is 0 Å². The highest BCUT2D eigenvalue weighted by molar-refractivity contribution is 7.47. The van der Waals surface area contributed by atoms with Gasteiger partial charge in [0.05, 0.1) is 0 Å².